The summed E-state index contributed by atoms with van der Waals surface area (Å²) in [6, 6.07) is 0. The molecule has 78 valence electrons. The van der Waals surface area contributed by atoms with E-state index in [1.807, 2.05) is 0 Å². The third-order valence-electron chi connectivity index (χ3n) is 2.36. The highest BCUT2D eigenvalue weighted by Crippen LogP contribution is 2.37. The van der Waals surface area contributed by atoms with E-state index >= 15 is 0 Å². The molecule has 0 heterocycles. The number of benzene rings is 1. The Morgan fingerprint density at radius 3 is 2.36 bits per heavy atom. The third kappa shape index (κ3) is 1.42. The number of nitrogens with two attached hydrogens (primary N) is 1. The number of rotatable bonds is 2. The van der Waals surface area contributed by atoms with Crippen LogP contribution in [0, 0.1) is 19.7 Å². The summed E-state index contributed by atoms with van der Waals surface area (Å²) in [5, 5.41) is 9.70. The number of phenols is 1. The van der Waals surface area contributed by atoms with Gasteiger partial charge in [-0.3, -0.25) is 0 Å². The first-order valence-corrected chi connectivity index (χ1v) is 4.29. The molecule has 0 atom stereocenters. The van der Waals surface area contributed by atoms with Crippen LogP contribution in [0.25, 0.3) is 0 Å². The van der Waals surface area contributed by atoms with Gasteiger partial charge >= 0.3 is 0 Å². The average molecular weight is 199 g/mol. The van der Waals surface area contributed by atoms with Crippen molar-refractivity contribution in [2.24, 2.45) is 5.73 Å². The second-order valence-electron chi connectivity index (χ2n) is 3.13. The van der Waals surface area contributed by atoms with Gasteiger partial charge in [0.05, 0.1) is 7.11 Å². The van der Waals surface area contributed by atoms with Crippen molar-refractivity contribution in [3.63, 3.8) is 0 Å². The summed E-state index contributed by atoms with van der Waals surface area (Å²) in [5.41, 5.74) is 6.49. The molecule has 0 radical (unpaired) electrons. The number of methoxy groups -OCH3 is 1. The van der Waals surface area contributed by atoms with Crippen LogP contribution in [0.5, 0.6) is 11.5 Å². The summed E-state index contributed by atoms with van der Waals surface area (Å²) in [7, 11) is 1.39. The van der Waals surface area contributed by atoms with Crippen LogP contribution in [0.1, 0.15) is 16.7 Å². The maximum absolute atomic E-state index is 13.6. The Labute approximate surface area is 82.3 Å². The molecule has 3 nitrogen and oxygen atoms in total. The second-order valence-corrected chi connectivity index (χ2v) is 3.13. The largest absolute Gasteiger partial charge is 0.504 e. The molecule has 0 saturated heterocycles. The van der Waals surface area contributed by atoms with Gasteiger partial charge < -0.3 is 15.6 Å². The van der Waals surface area contributed by atoms with Crippen LogP contribution in [-0.2, 0) is 6.54 Å². The zero-order chi connectivity index (χ0) is 10.9. The van der Waals surface area contributed by atoms with Crippen molar-refractivity contribution >= 4 is 0 Å². The molecule has 14 heavy (non-hydrogen) atoms. The topological polar surface area (TPSA) is 55.5 Å². The Kier molecular flexibility index (Phi) is 2.96. The molecule has 0 fully saturated rings. The quantitative estimate of drug-likeness (QED) is 0.760. The summed E-state index contributed by atoms with van der Waals surface area (Å²) in [5.74, 6) is -0.278. The van der Waals surface area contributed by atoms with Crippen molar-refractivity contribution in [2.45, 2.75) is 20.4 Å². The molecule has 0 spiro atoms. The van der Waals surface area contributed by atoms with Crippen molar-refractivity contribution in [3.05, 3.63) is 22.5 Å². The molecule has 1 aromatic rings. The van der Waals surface area contributed by atoms with Crippen LogP contribution in [0.3, 0.4) is 0 Å². The summed E-state index contributed by atoms with van der Waals surface area (Å²) < 4.78 is 18.5. The first-order chi connectivity index (χ1) is 6.54. The molecule has 4 heteroatoms. The van der Waals surface area contributed by atoms with Crippen LogP contribution >= 0.6 is 0 Å². The Bertz CT molecular complexity index is 333. The number of ether oxygens (including phenoxy) is 1. The SMILES string of the molecule is COc1c(C)c(F)c(C)c(CN)c1O. The lowest BCUT2D eigenvalue weighted by Crippen LogP contribution is -2.05. The van der Waals surface area contributed by atoms with E-state index in [9.17, 15) is 9.50 Å². The van der Waals surface area contributed by atoms with Gasteiger partial charge in [-0.1, -0.05) is 0 Å². The molecule has 0 bridgehead atoms. The molecule has 0 aliphatic heterocycles. The van der Waals surface area contributed by atoms with Crippen molar-refractivity contribution in [1.82, 2.24) is 0 Å². The smallest absolute Gasteiger partial charge is 0.166 e. The van der Waals surface area contributed by atoms with Gasteiger partial charge in [0, 0.05) is 17.7 Å². The third-order valence-corrected chi connectivity index (χ3v) is 2.36. The second kappa shape index (κ2) is 3.84. The van der Waals surface area contributed by atoms with Gasteiger partial charge in [0.2, 0.25) is 0 Å². The highest BCUT2D eigenvalue weighted by atomic mass is 19.1. The number of hydrogen-bond donors (Lipinski definition) is 2. The van der Waals surface area contributed by atoms with Gasteiger partial charge in [0.1, 0.15) is 5.82 Å². The van der Waals surface area contributed by atoms with Gasteiger partial charge in [-0.15, -0.1) is 0 Å². The first-order valence-electron chi connectivity index (χ1n) is 4.29. The Morgan fingerprint density at radius 2 is 1.93 bits per heavy atom. The standard InChI is InChI=1S/C10H14FNO2/c1-5-7(4-12)9(13)10(14-3)6(2)8(5)11/h13H,4,12H2,1-3H3. The molecule has 0 saturated carbocycles. The fourth-order valence-electron chi connectivity index (χ4n) is 1.51. The van der Waals surface area contributed by atoms with Crippen LogP contribution in [0.15, 0.2) is 0 Å². The van der Waals surface area contributed by atoms with E-state index in [2.05, 4.69) is 0 Å². The minimum absolute atomic E-state index is 0.0635. The maximum Gasteiger partial charge on any atom is 0.166 e. The first kappa shape index (κ1) is 10.8. The van der Waals surface area contributed by atoms with Crippen LogP contribution in [0.2, 0.25) is 0 Å². The predicted octanol–water partition coefficient (Wildman–Crippen LogP) is 1.62. The predicted molar refractivity (Wildman–Crippen MR) is 52.0 cm³/mol. The molecule has 0 aliphatic carbocycles. The molecular weight excluding hydrogens is 185 g/mol. The van der Waals surface area contributed by atoms with Gasteiger partial charge in [0.15, 0.2) is 11.5 Å². The molecule has 0 aromatic heterocycles. The fourth-order valence-corrected chi connectivity index (χ4v) is 1.51. The van der Waals surface area contributed by atoms with E-state index in [0.29, 0.717) is 16.7 Å². The average Bonchev–Trinajstić information content (AvgIpc) is 2.16. The van der Waals surface area contributed by atoms with Crippen LogP contribution in [-0.4, -0.2) is 12.2 Å². The van der Waals surface area contributed by atoms with E-state index in [4.69, 9.17) is 10.5 Å². The molecule has 0 aliphatic rings. The Balaban J connectivity index is 3.56. The van der Waals surface area contributed by atoms with Crippen molar-refractivity contribution in [2.75, 3.05) is 7.11 Å². The van der Waals surface area contributed by atoms with Crippen molar-refractivity contribution < 1.29 is 14.2 Å². The van der Waals surface area contributed by atoms with Crippen molar-refractivity contribution in [3.8, 4) is 11.5 Å². The van der Waals surface area contributed by atoms with Gasteiger partial charge in [-0.05, 0) is 19.4 Å². The van der Waals surface area contributed by atoms with E-state index in [0.717, 1.165) is 0 Å². The summed E-state index contributed by atoms with van der Waals surface area (Å²) in [6.07, 6.45) is 0. The van der Waals surface area contributed by atoms with E-state index < -0.39 is 0 Å². The van der Waals surface area contributed by atoms with E-state index in [1.54, 1.807) is 13.8 Å². The van der Waals surface area contributed by atoms with E-state index in [1.165, 1.54) is 7.11 Å². The monoisotopic (exact) mass is 199 g/mol. The summed E-state index contributed by atoms with van der Waals surface area (Å²) in [4.78, 5) is 0. The highest BCUT2D eigenvalue weighted by Gasteiger charge is 2.18. The van der Waals surface area contributed by atoms with Gasteiger partial charge in [-0.25, -0.2) is 4.39 Å². The van der Waals surface area contributed by atoms with E-state index in [-0.39, 0.29) is 23.9 Å². The molecule has 3 N–H and O–H groups in total. The molecular formula is C10H14FNO2. The zero-order valence-electron chi connectivity index (χ0n) is 8.52. The molecule has 1 aromatic carbocycles. The summed E-state index contributed by atoms with van der Waals surface area (Å²) >= 11 is 0. The van der Waals surface area contributed by atoms with Crippen LogP contribution in [0.4, 0.5) is 4.39 Å². The van der Waals surface area contributed by atoms with Gasteiger partial charge in [0.25, 0.3) is 0 Å². The zero-order valence-corrected chi connectivity index (χ0v) is 8.52. The fraction of sp³-hybridized carbons (Fsp3) is 0.400. The highest BCUT2D eigenvalue weighted by molar-refractivity contribution is 5.54. The van der Waals surface area contributed by atoms with Gasteiger partial charge in [-0.2, -0.15) is 0 Å². The van der Waals surface area contributed by atoms with Crippen molar-refractivity contribution in [1.29, 1.82) is 0 Å². The van der Waals surface area contributed by atoms with Crippen LogP contribution < -0.4 is 10.5 Å². The minimum Gasteiger partial charge on any atom is -0.504 e. The number of phenolic OH excluding ortho intramolecular Hbond substituents is 1. The number of halogens is 1. The molecule has 0 amide bonds. The lowest BCUT2D eigenvalue weighted by atomic mass is 10.0. The normalized spacial score (nSPS) is 10.4. The number of aromatic hydroxyl groups is 1. The molecule has 1 rings (SSSR count). The Hall–Kier alpha value is -1.29. The summed E-state index contributed by atoms with van der Waals surface area (Å²) in [6.45, 7) is 3.23. The maximum atomic E-state index is 13.6. The Morgan fingerprint density at radius 1 is 1.36 bits per heavy atom. The minimum atomic E-state index is -0.375. The lowest BCUT2D eigenvalue weighted by molar-refractivity contribution is 0.363. The lowest BCUT2D eigenvalue weighted by Gasteiger charge is -2.14. The molecule has 0 unspecified atom stereocenters. The number of hydrogen-bond acceptors (Lipinski definition) is 3.